The highest BCUT2D eigenvalue weighted by molar-refractivity contribution is 5.93. The van der Waals surface area contributed by atoms with Crippen molar-refractivity contribution in [2.45, 2.75) is 13.0 Å². The summed E-state index contributed by atoms with van der Waals surface area (Å²) in [6.07, 6.45) is 3.27. The molecule has 0 saturated heterocycles. The van der Waals surface area contributed by atoms with Crippen LogP contribution in [-0.2, 0) is 4.79 Å². The Morgan fingerprint density at radius 1 is 1.11 bits per heavy atom. The van der Waals surface area contributed by atoms with Gasteiger partial charge in [-0.25, -0.2) is 0 Å². The predicted octanol–water partition coefficient (Wildman–Crippen LogP) is 4.63. The lowest BCUT2D eigenvalue weighted by molar-refractivity contribution is -0.117. The minimum absolute atomic E-state index is 0.0175. The molecule has 4 heteroatoms. The number of nitrogens with zero attached hydrogens (tertiary/aromatic N) is 1. The maximum absolute atomic E-state index is 12.3. The second-order valence-electron chi connectivity index (χ2n) is 6.15. The summed E-state index contributed by atoms with van der Waals surface area (Å²) in [7, 11) is 0. The molecule has 1 atom stereocenters. The van der Waals surface area contributed by atoms with Crippen molar-refractivity contribution in [1.82, 2.24) is 5.32 Å². The fourth-order valence-electron chi connectivity index (χ4n) is 2.93. The highest BCUT2D eigenvalue weighted by Gasteiger charge is 2.10. The topological polar surface area (TPSA) is 62.1 Å². The van der Waals surface area contributed by atoms with Gasteiger partial charge in [0.25, 0.3) is 0 Å². The molecule has 0 radical (unpaired) electrons. The second-order valence-corrected chi connectivity index (χ2v) is 6.15. The molecule has 0 aromatic heterocycles. The lowest BCUT2D eigenvalue weighted by Crippen LogP contribution is -2.24. The van der Waals surface area contributed by atoms with Crippen LogP contribution in [-0.4, -0.2) is 12.5 Å². The third kappa shape index (κ3) is 4.74. The van der Waals surface area contributed by atoms with E-state index in [-0.39, 0.29) is 18.6 Å². The zero-order valence-corrected chi connectivity index (χ0v) is 15.1. The molecule has 27 heavy (non-hydrogen) atoms. The molecule has 4 nitrogen and oxygen atoms in total. The largest absolute Gasteiger partial charge is 0.479 e. The highest BCUT2D eigenvalue weighted by atomic mass is 16.5. The van der Waals surface area contributed by atoms with Crippen molar-refractivity contribution in [2.75, 3.05) is 6.61 Å². The molecule has 0 spiro atoms. The van der Waals surface area contributed by atoms with Gasteiger partial charge in [0.2, 0.25) is 5.91 Å². The first-order valence-corrected chi connectivity index (χ1v) is 8.73. The van der Waals surface area contributed by atoms with Crippen molar-refractivity contribution in [3.63, 3.8) is 0 Å². The van der Waals surface area contributed by atoms with E-state index < -0.39 is 0 Å². The SMILES string of the molecule is CC(NC(=O)/C=C/c1ccc(OCC#N)cc1)c1cccc2ccccc12. The van der Waals surface area contributed by atoms with E-state index in [1.807, 2.05) is 49.4 Å². The molecule has 0 aliphatic heterocycles. The summed E-state index contributed by atoms with van der Waals surface area (Å²) >= 11 is 0. The minimum Gasteiger partial charge on any atom is -0.479 e. The maximum Gasteiger partial charge on any atom is 0.244 e. The third-order valence-electron chi connectivity index (χ3n) is 4.26. The second kappa shape index (κ2) is 8.68. The van der Waals surface area contributed by atoms with Gasteiger partial charge in [-0.3, -0.25) is 4.79 Å². The van der Waals surface area contributed by atoms with Gasteiger partial charge in [-0.05, 0) is 47.0 Å². The monoisotopic (exact) mass is 356 g/mol. The molecule has 3 aromatic carbocycles. The Kier molecular flexibility index (Phi) is 5.86. The van der Waals surface area contributed by atoms with Gasteiger partial charge >= 0.3 is 0 Å². The number of fused-ring (bicyclic) bond motifs is 1. The zero-order chi connectivity index (χ0) is 19.1. The molecule has 3 rings (SSSR count). The van der Waals surface area contributed by atoms with Gasteiger partial charge in [-0.2, -0.15) is 5.26 Å². The van der Waals surface area contributed by atoms with Crippen molar-refractivity contribution < 1.29 is 9.53 Å². The molecule has 0 fully saturated rings. The molecule has 0 saturated carbocycles. The summed E-state index contributed by atoms with van der Waals surface area (Å²) in [5, 5.41) is 13.8. The number of amides is 1. The number of carbonyl (C=O) groups excluding carboxylic acids is 1. The van der Waals surface area contributed by atoms with Crippen LogP contribution in [0.5, 0.6) is 5.75 Å². The van der Waals surface area contributed by atoms with Crippen LogP contribution in [0.15, 0.2) is 72.8 Å². The Hall–Kier alpha value is -3.58. The molecular weight excluding hydrogens is 336 g/mol. The van der Waals surface area contributed by atoms with Crippen LogP contribution in [0.2, 0.25) is 0 Å². The fraction of sp³-hybridized carbons (Fsp3) is 0.130. The third-order valence-corrected chi connectivity index (χ3v) is 4.26. The van der Waals surface area contributed by atoms with Crippen LogP contribution in [0.25, 0.3) is 16.8 Å². The number of ether oxygens (including phenoxy) is 1. The first-order chi connectivity index (χ1) is 13.2. The number of rotatable bonds is 6. The lowest BCUT2D eigenvalue weighted by atomic mass is 10.00. The number of hydrogen-bond donors (Lipinski definition) is 1. The Balaban J connectivity index is 1.64. The Labute approximate surface area is 158 Å². The summed E-state index contributed by atoms with van der Waals surface area (Å²) in [4.78, 5) is 12.3. The van der Waals surface area contributed by atoms with Crippen LogP contribution < -0.4 is 10.1 Å². The van der Waals surface area contributed by atoms with Crippen molar-refractivity contribution in [3.8, 4) is 11.8 Å². The number of hydrogen-bond acceptors (Lipinski definition) is 3. The summed E-state index contributed by atoms with van der Waals surface area (Å²) in [6.45, 7) is 2.00. The predicted molar refractivity (Wildman–Crippen MR) is 107 cm³/mol. The molecule has 3 aromatic rings. The fourth-order valence-corrected chi connectivity index (χ4v) is 2.93. The summed E-state index contributed by atoms with van der Waals surface area (Å²) in [6, 6.07) is 23.3. The van der Waals surface area contributed by atoms with Gasteiger partial charge in [-0.1, -0.05) is 54.6 Å². The average Bonchev–Trinajstić information content (AvgIpc) is 2.71. The average molecular weight is 356 g/mol. The van der Waals surface area contributed by atoms with E-state index in [1.54, 1.807) is 18.2 Å². The lowest BCUT2D eigenvalue weighted by Gasteiger charge is -2.15. The quantitative estimate of drug-likeness (QED) is 0.655. The summed E-state index contributed by atoms with van der Waals surface area (Å²) in [5.41, 5.74) is 1.97. The van der Waals surface area contributed by atoms with E-state index >= 15 is 0 Å². The molecule has 1 unspecified atom stereocenters. The van der Waals surface area contributed by atoms with Gasteiger partial charge in [0.1, 0.15) is 11.8 Å². The normalized spacial score (nSPS) is 11.9. The number of benzene rings is 3. The first-order valence-electron chi connectivity index (χ1n) is 8.73. The Morgan fingerprint density at radius 2 is 1.85 bits per heavy atom. The Bertz CT molecular complexity index is 996. The van der Waals surface area contributed by atoms with Crippen LogP contribution in [0, 0.1) is 11.3 Å². The molecule has 134 valence electrons. The van der Waals surface area contributed by atoms with Crippen molar-refractivity contribution >= 4 is 22.8 Å². The molecule has 0 aliphatic carbocycles. The van der Waals surface area contributed by atoms with E-state index in [2.05, 4.69) is 23.5 Å². The first kappa shape index (κ1) is 18.2. The van der Waals surface area contributed by atoms with Crippen LogP contribution in [0.3, 0.4) is 0 Å². The minimum atomic E-state index is -0.153. The molecule has 0 aliphatic rings. The maximum atomic E-state index is 12.3. The molecule has 0 bridgehead atoms. The summed E-state index contributed by atoms with van der Waals surface area (Å²) in [5.74, 6) is 0.475. The van der Waals surface area contributed by atoms with Gasteiger partial charge in [0.15, 0.2) is 6.61 Å². The standard InChI is InChI=1S/C23H20N2O2/c1-17(21-8-4-6-19-5-2-3-7-22(19)21)25-23(26)14-11-18-9-12-20(13-10-18)27-16-15-24/h2-14,17H,16H2,1H3,(H,25,26)/b14-11+. The van der Waals surface area contributed by atoms with Gasteiger partial charge < -0.3 is 10.1 Å². The van der Waals surface area contributed by atoms with E-state index in [4.69, 9.17) is 10.00 Å². The van der Waals surface area contributed by atoms with E-state index in [9.17, 15) is 4.79 Å². The van der Waals surface area contributed by atoms with Crippen LogP contribution in [0.1, 0.15) is 24.1 Å². The van der Waals surface area contributed by atoms with Gasteiger partial charge in [0, 0.05) is 6.08 Å². The van der Waals surface area contributed by atoms with E-state index in [0.29, 0.717) is 5.75 Å². The van der Waals surface area contributed by atoms with Gasteiger partial charge in [-0.15, -0.1) is 0 Å². The smallest absolute Gasteiger partial charge is 0.244 e. The number of carbonyl (C=O) groups is 1. The number of nitrogens with one attached hydrogen (secondary N) is 1. The zero-order valence-electron chi connectivity index (χ0n) is 15.1. The van der Waals surface area contributed by atoms with E-state index in [1.165, 1.54) is 6.08 Å². The van der Waals surface area contributed by atoms with Gasteiger partial charge in [0.05, 0.1) is 6.04 Å². The summed E-state index contributed by atoms with van der Waals surface area (Å²) < 4.78 is 5.21. The molecule has 1 amide bonds. The number of nitriles is 1. The van der Waals surface area contributed by atoms with Crippen LogP contribution >= 0.6 is 0 Å². The highest BCUT2D eigenvalue weighted by Crippen LogP contribution is 2.24. The van der Waals surface area contributed by atoms with Crippen molar-refractivity contribution in [2.24, 2.45) is 0 Å². The van der Waals surface area contributed by atoms with E-state index in [0.717, 1.165) is 21.9 Å². The molecule has 0 heterocycles. The molecular formula is C23H20N2O2. The molecule has 1 N–H and O–H groups in total. The van der Waals surface area contributed by atoms with Crippen LogP contribution in [0.4, 0.5) is 0 Å². The van der Waals surface area contributed by atoms with Crippen molar-refractivity contribution in [3.05, 3.63) is 83.9 Å². The Morgan fingerprint density at radius 3 is 2.63 bits per heavy atom. The van der Waals surface area contributed by atoms with Crippen molar-refractivity contribution in [1.29, 1.82) is 5.26 Å².